The van der Waals surface area contributed by atoms with E-state index < -0.39 is 0 Å². The molecule has 9 heavy (non-hydrogen) atoms. The van der Waals surface area contributed by atoms with E-state index in [1.54, 1.807) is 0 Å². The van der Waals surface area contributed by atoms with Crippen LogP contribution in [0.5, 0.6) is 0 Å². The monoisotopic (exact) mass is 126 g/mol. The van der Waals surface area contributed by atoms with Gasteiger partial charge in [-0.25, -0.2) is 0 Å². The van der Waals surface area contributed by atoms with E-state index in [0.717, 1.165) is 12.1 Å². The Bertz CT molecular complexity index is 127. The van der Waals surface area contributed by atoms with Crippen LogP contribution in [-0.2, 0) is 0 Å². The van der Waals surface area contributed by atoms with Crippen LogP contribution in [0.2, 0.25) is 0 Å². The van der Waals surface area contributed by atoms with Crippen molar-refractivity contribution in [1.82, 2.24) is 4.90 Å². The lowest BCUT2D eigenvalue weighted by Gasteiger charge is -2.16. The van der Waals surface area contributed by atoms with Crippen LogP contribution < -0.4 is 0 Å². The van der Waals surface area contributed by atoms with Gasteiger partial charge in [-0.15, -0.1) is 0 Å². The van der Waals surface area contributed by atoms with E-state index in [-0.39, 0.29) is 0 Å². The first-order valence-corrected chi connectivity index (χ1v) is 3.05. The van der Waals surface area contributed by atoms with Crippen LogP contribution in [0.1, 0.15) is 13.8 Å². The van der Waals surface area contributed by atoms with E-state index in [1.165, 1.54) is 0 Å². The number of hydrogen-bond acceptors (Lipinski definition) is 1. The number of nitrogens with one attached hydrogen (secondary N) is 1. The fraction of sp³-hybridized carbons (Fsp3) is 0.571. The molecular weight excluding hydrogens is 112 g/mol. The average Bonchev–Trinajstić information content (AvgIpc) is 1.84. The summed E-state index contributed by atoms with van der Waals surface area (Å²) in [5, 5.41) is 7.38. The summed E-state index contributed by atoms with van der Waals surface area (Å²) >= 11 is 0. The van der Waals surface area contributed by atoms with E-state index in [4.69, 9.17) is 5.41 Å². The Morgan fingerprint density at radius 2 is 2.11 bits per heavy atom. The van der Waals surface area contributed by atoms with Crippen LogP contribution in [-0.4, -0.2) is 24.3 Å². The van der Waals surface area contributed by atoms with Crippen molar-refractivity contribution in [2.24, 2.45) is 0 Å². The van der Waals surface area contributed by atoms with Crippen LogP contribution in [0.4, 0.5) is 0 Å². The van der Waals surface area contributed by atoms with Crippen molar-refractivity contribution in [2.75, 3.05) is 13.6 Å². The third-order valence-electron chi connectivity index (χ3n) is 1.26. The van der Waals surface area contributed by atoms with Gasteiger partial charge in [0.2, 0.25) is 0 Å². The second-order valence-corrected chi connectivity index (χ2v) is 2.14. The van der Waals surface area contributed by atoms with E-state index in [0.29, 0.717) is 5.84 Å². The fourth-order valence-corrected chi connectivity index (χ4v) is 0.484. The van der Waals surface area contributed by atoms with Gasteiger partial charge in [0.25, 0.3) is 0 Å². The molecule has 0 unspecified atom stereocenters. The number of likely N-dealkylation sites (N-methyl/N-ethyl adjacent to an activating group) is 1. The minimum atomic E-state index is 0.525. The lowest BCUT2D eigenvalue weighted by atomic mass is 10.3. The molecule has 0 heterocycles. The minimum Gasteiger partial charge on any atom is -0.360 e. The van der Waals surface area contributed by atoms with Crippen LogP contribution >= 0.6 is 0 Å². The molecule has 0 rings (SSSR count). The van der Waals surface area contributed by atoms with Crippen LogP contribution in [0, 0.1) is 5.41 Å². The van der Waals surface area contributed by atoms with E-state index in [9.17, 15) is 0 Å². The Labute approximate surface area is 56.7 Å². The average molecular weight is 126 g/mol. The fourth-order valence-electron chi connectivity index (χ4n) is 0.484. The van der Waals surface area contributed by atoms with Crippen molar-refractivity contribution in [3.8, 4) is 0 Å². The van der Waals surface area contributed by atoms with Crippen LogP contribution in [0.25, 0.3) is 0 Å². The van der Waals surface area contributed by atoms with Gasteiger partial charge in [-0.2, -0.15) is 0 Å². The van der Waals surface area contributed by atoms with Crippen molar-refractivity contribution in [2.45, 2.75) is 13.8 Å². The SMILES string of the molecule is C=C(C)C(=N)N(C)CC. The van der Waals surface area contributed by atoms with Gasteiger partial charge in [-0.05, 0) is 19.4 Å². The van der Waals surface area contributed by atoms with Crippen molar-refractivity contribution >= 4 is 5.84 Å². The lowest BCUT2D eigenvalue weighted by molar-refractivity contribution is 0.532. The van der Waals surface area contributed by atoms with Gasteiger partial charge >= 0.3 is 0 Å². The normalized spacial score (nSPS) is 8.78. The molecule has 0 aromatic heterocycles. The standard InChI is InChI=1S/C7H14N2/c1-5-9(4)7(8)6(2)3/h8H,2,5H2,1,3-4H3. The molecule has 0 aliphatic rings. The largest absolute Gasteiger partial charge is 0.360 e. The summed E-state index contributed by atoms with van der Waals surface area (Å²) < 4.78 is 0. The summed E-state index contributed by atoms with van der Waals surface area (Å²) in [4.78, 5) is 1.85. The predicted molar refractivity (Wildman–Crippen MR) is 40.8 cm³/mol. The van der Waals surface area contributed by atoms with Crippen molar-refractivity contribution in [3.05, 3.63) is 12.2 Å². The second kappa shape index (κ2) is 3.28. The maximum atomic E-state index is 7.38. The molecule has 0 fully saturated rings. The quantitative estimate of drug-likeness (QED) is 0.440. The molecule has 0 atom stereocenters. The van der Waals surface area contributed by atoms with Gasteiger partial charge in [-0.3, -0.25) is 5.41 Å². The molecular formula is C7H14N2. The second-order valence-electron chi connectivity index (χ2n) is 2.14. The Balaban J connectivity index is 3.88. The summed E-state index contributed by atoms with van der Waals surface area (Å²) in [6.45, 7) is 8.38. The number of amidine groups is 1. The highest BCUT2D eigenvalue weighted by atomic mass is 15.1. The van der Waals surface area contributed by atoms with Gasteiger partial charge in [0.05, 0.1) is 0 Å². The Morgan fingerprint density at radius 3 is 2.22 bits per heavy atom. The molecule has 0 aliphatic heterocycles. The summed E-state index contributed by atoms with van der Waals surface area (Å²) in [5.74, 6) is 0.525. The molecule has 0 aliphatic carbocycles. The zero-order valence-corrected chi connectivity index (χ0v) is 6.36. The van der Waals surface area contributed by atoms with Gasteiger partial charge in [0, 0.05) is 13.6 Å². The minimum absolute atomic E-state index is 0.525. The summed E-state index contributed by atoms with van der Waals surface area (Å²) in [7, 11) is 1.89. The Kier molecular flexibility index (Phi) is 2.99. The molecule has 0 aromatic rings. The third kappa shape index (κ3) is 2.31. The topological polar surface area (TPSA) is 27.1 Å². The first kappa shape index (κ1) is 8.21. The summed E-state index contributed by atoms with van der Waals surface area (Å²) in [6, 6.07) is 0. The maximum absolute atomic E-state index is 7.38. The molecule has 1 N–H and O–H groups in total. The van der Waals surface area contributed by atoms with Gasteiger partial charge in [0.1, 0.15) is 5.84 Å². The number of rotatable bonds is 2. The van der Waals surface area contributed by atoms with E-state index in [2.05, 4.69) is 6.58 Å². The van der Waals surface area contributed by atoms with Crippen molar-refractivity contribution < 1.29 is 0 Å². The first-order valence-electron chi connectivity index (χ1n) is 3.05. The van der Waals surface area contributed by atoms with Gasteiger partial charge in [-0.1, -0.05) is 6.58 Å². The predicted octanol–water partition coefficient (Wildman–Crippen LogP) is 1.49. The molecule has 2 heteroatoms. The number of nitrogens with zero attached hydrogens (tertiary/aromatic N) is 1. The zero-order chi connectivity index (χ0) is 7.44. The van der Waals surface area contributed by atoms with E-state index in [1.807, 2.05) is 25.8 Å². The lowest BCUT2D eigenvalue weighted by Crippen LogP contribution is -2.25. The highest BCUT2D eigenvalue weighted by molar-refractivity contribution is 5.94. The van der Waals surface area contributed by atoms with Crippen molar-refractivity contribution in [3.63, 3.8) is 0 Å². The maximum Gasteiger partial charge on any atom is 0.122 e. The molecule has 0 spiro atoms. The van der Waals surface area contributed by atoms with Crippen molar-refractivity contribution in [1.29, 1.82) is 5.41 Å². The molecule has 2 nitrogen and oxygen atoms in total. The summed E-state index contributed by atoms with van der Waals surface area (Å²) in [6.07, 6.45) is 0. The van der Waals surface area contributed by atoms with E-state index >= 15 is 0 Å². The third-order valence-corrected chi connectivity index (χ3v) is 1.26. The van der Waals surface area contributed by atoms with Crippen LogP contribution in [0.15, 0.2) is 12.2 Å². The highest BCUT2D eigenvalue weighted by Gasteiger charge is 1.99. The van der Waals surface area contributed by atoms with Gasteiger partial charge in [0.15, 0.2) is 0 Å². The van der Waals surface area contributed by atoms with Gasteiger partial charge < -0.3 is 4.90 Å². The molecule has 52 valence electrons. The van der Waals surface area contributed by atoms with Crippen LogP contribution in [0.3, 0.4) is 0 Å². The first-order chi connectivity index (χ1) is 4.09. The molecule has 0 aromatic carbocycles. The molecule has 0 bridgehead atoms. The highest BCUT2D eigenvalue weighted by Crippen LogP contribution is 1.94. The summed E-state index contributed by atoms with van der Waals surface area (Å²) in [5.41, 5.74) is 0.819. The molecule has 0 saturated carbocycles. The number of hydrogen-bond donors (Lipinski definition) is 1. The zero-order valence-electron chi connectivity index (χ0n) is 6.36. The Morgan fingerprint density at radius 1 is 1.67 bits per heavy atom. The Hall–Kier alpha value is -0.790. The molecule has 0 saturated heterocycles. The smallest absolute Gasteiger partial charge is 0.122 e. The molecule has 0 radical (unpaired) electrons. The molecule has 0 amide bonds.